The van der Waals surface area contributed by atoms with Gasteiger partial charge in [0, 0.05) is 23.7 Å². The molecule has 28 heavy (non-hydrogen) atoms. The van der Waals surface area contributed by atoms with Crippen LogP contribution in [0.3, 0.4) is 0 Å². The minimum Gasteiger partial charge on any atom is -0.462 e. The van der Waals surface area contributed by atoms with Crippen molar-refractivity contribution in [2.45, 2.75) is 44.9 Å². The smallest absolute Gasteiger partial charge is 0.313 e. The molecule has 1 saturated carbocycles. The molecule has 0 N–H and O–H groups in total. The van der Waals surface area contributed by atoms with E-state index in [1.165, 1.54) is 0 Å². The minimum atomic E-state index is -0.658. The molecule has 1 heterocycles. The number of carbonyl (C=O) groups is 2. The Morgan fingerprint density at radius 1 is 1.29 bits per heavy atom. The standard InChI is InChI=1S/C21H23NO6/c1-12-18-17(20(23)28-12)10-14-9-15(22(25)26)7-8-16(14)19(18)21(24)27-11-13-5-3-2-4-6-13/h2-6,10,12,15-19H,7-9,11H2,1H3/t12-,15-,16-,17-,18-,19+/m1/s1. The summed E-state index contributed by atoms with van der Waals surface area (Å²) in [6, 6.07) is 8.77. The van der Waals surface area contributed by atoms with Crippen LogP contribution in [0.15, 0.2) is 42.0 Å². The van der Waals surface area contributed by atoms with Crippen molar-refractivity contribution in [1.29, 1.82) is 0 Å². The Morgan fingerprint density at radius 2 is 2.04 bits per heavy atom. The Morgan fingerprint density at radius 3 is 2.75 bits per heavy atom. The highest BCUT2D eigenvalue weighted by Gasteiger charge is 2.55. The van der Waals surface area contributed by atoms with E-state index >= 15 is 0 Å². The molecule has 1 saturated heterocycles. The third-order valence-electron chi connectivity index (χ3n) is 6.33. The largest absolute Gasteiger partial charge is 0.462 e. The third-order valence-corrected chi connectivity index (χ3v) is 6.33. The highest BCUT2D eigenvalue weighted by atomic mass is 16.6. The summed E-state index contributed by atoms with van der Waals surface area (Å²) in [6.07, 6.45) is 2.71. The number of esters is 2. The molecule has 0 radical (unpaired) electrons. The number of fused-ring (bicyclic) bond motifs is 2. The molecule has 1 aliphatic heterocycles. The topological polar surface area (TPSA) is 95.7 Å². The van der Waals surface area contributed by atoms with Crippen LogP contribution < -0.4 is 0 Å². The van der Waals surface area contributed by atoms with Crippen molar-refractivity contribution >= 4 is 11.9 Å². The predicted octanol–water partition coefficient (Wildman–Crippen LogP) is 2.91. The summed E-state index contributed by atoms with van der Waals surface area (Å²) in [5.41, 5.74) is 1.73. The Kier molecular flexibility index (Phi) is 4.91. The highest BCUT2D eigenvalue weighted by molar-refractivity contribution is 5.82. The minimum absolute atomic E-state index is 0.127. The molecule has 3 aliphatic rings. The third kappa shape index (κ3) is 3.30. The Balaban J connectivity index is 1.59. The van der Waals surface area contributed by atoms with Gasteiger partial charge in [0.15, 0.2) is 0 Å². The lowest BCUT2D eigenvalue weighted by molar-refractivity contribution is -0.524. The zero-order valence-electron chi connectivity index (χ0n) is 15.7. The Hall–Kier alpha value is -2.70. The van der Waals surface area contributed by atoms with E-state index in [2.05, 4.69) is 0 Å². The fourth-order valence-corrected chi connectivity index (χ4v) is 4.99. The molecule has 0 spiro atoms. The second-order valence-corrected chi connectivity index (χ2v) is 7.93. The van der Waals surface area contributed by atoms with Crippen molar-refractivity contribution < 1.29 is 24.0 Å². The van der Waals surface area contributed by atoms with Gasteiger partial charge in [-0.25, -0.2) is 0 Å². The van der Waals surface area contributed by atoms with Crippen molar-refractivity contribution in [3.8, 4) is 0 Å². The molecule has 2 aliphatic carbocycles. The number of hydrogen-bond acceptors (Lipinski definition) is 6. The average Bonchev–Trinajstić information content (AvgIpc) is 2.98. The summed E-state index contributed by atoms with van der Waals surface area (Å²) in [5.74, 6) is -2.15. The van der Waals surface area contributed by atoms with Gasteiger partial charge in [-0.05, 0) is 24.8 Å². The molecule has 6 atom stereocenters. The maximum absolute atomic E-state index is 13.1. The molecule has 7 heteroatoms. The van der Waals surface area contributed by atoms with Crippen LogP contribution in [-0.2, 0) is 25.7 Å². The van der Waals surface area contributed by atoms with Crippen LogP contribution in [0.25, 0.3) is 0 Å². The van der Waals surface area contributed by atoms with Crippen molar-refractivity contribution in [3.63, 3.8) is 0 Å². The van der Waals surface area contributed by atoms with Gasteiger partial charge in [-0.2, -0.15) is 0 Å². The lowest BCUT2D eigenvalue weighted by Gasteiger charge is -2.40. The number of carbonyl (C=O) groups excluding carboxylic acids is 2. The molecule has 0 aromatic heterocycles. The fraction of sp³-hybridized carbons (Fsp3) is 0.524. The maximum Gasteiger partial charge on any atom is 0.313 e. The van der Waals surface area contributed by atoms with E-state index in [1.807, 2.05) is 43.3 Å². The van der Waals surface area contributed by atoms with Gasteiger partial charge in [0.05, 0.1) is 11.8 Å². The quantitative estimate of drug-likeness (QED) is 0.342. The Bertz CT molecular complexity index is 819. The monoisotopic (exact) mass is 385 g/mol. The first kappa shape index (κ1) is 18.7. The van der Waals surface area contributed by atoms with Gasteiger partial charge in [-0.3, -0.25) is 19.7 Å². The number of nitro groups is 1. The lowest BCUT2D eigenvalue weighted by atomic mass is 9.62. The van der Waals surface area contributed by atoms with Gasteiger partial charge in [0.25, 0.3) is 0 Å². The lowest BCUT2D eigenvalue weighted by Crippen LogP contribution is -2.45. The van der Waals surface area contributed by atoms with Gasteiger partial charge in [-0.15, -0.1) is 0 Å². The zero-order chi connectivity index (χ0) is 19.8. The maximum atomic E-state index is 13.1. The molecule has 1 aromatic rings. The fourth-order valence-electron chi connectivity index (χ4n) is 4.99. The van der Waals surface area contributed by atoms with E-state index < -0.39 is 17.9 Å². The van der Waals surface area contributed by atoms with Crippen LogP contribution in [0.2, 0.25) is 0 Å². The van der Waals surface area contributed by atoms with Gasteiger partial charge in [0.1, 0.15) is 12.7 Å². The molecule has 4 rings (SSSR count). The van der Waals surface area contributed by atoms with Crippen molar-refractivity contribution in [2.24, 2.45) is 23.7 Å². The normalized spacial score (nSPS) is 33.9. The second kappa shape index (κ2) is 7.37. The molecule has 7 nitrogen and oxygen atoms in total. The summed E-state index contributed by atoms with van der Waals surface area (Å²) in [6.45, 7) is 1.97. The first-order valence-corrected chi connectivity index (χ1v) is 9.71. The number of ether oxygens (including phenoxy) is 2. The van der Waals surface area contributed by atoms with E-state index in [0.717, 1.165) is 11.1 Å². The van der Waals surface area contributed by atoms with E-state index in [4.69, 9.17) is 9.47 Å². The summed E-state index contributed by atoms with van der Waals surface area (Å²) >= 11 is 0. The summed E-state index contributed by atoms with van der Waals surface area (Å²) < 4.78 is 11.0. The van der Waals surface area contributed by atoms with Gasteiger partial charge >= 0.3 is 11.9 Å². The van der Waals surface area contributed by atoms with Crippen LogP contribution in [0.4, 0.5) is 0 Å². The second-order valence-electron chi connectivity index (χ2n) is 7.93. The van der Waals surface area contributed by atoms with Crippen LogP contribution in [-0.4, -0.2) is 29.0 Å². The predicted molar refractivity (Wildman–Crippen MR) is 98.5 cm³/mol. The van der Waals surface area contributed by atoms with Crippen molar-refractivity contribution in [2.75, 3.05) is 0 Å². The van der Waals surface area contributed by atoms with E-state index in [0.29, 0.717) is 12.8 Å². The van der Waals surface area contributed by atoms with Crippen molar-refractivity contribution in [3.05, 3.63) is 57.7 Å². The first-order valence-electron chi connectivity index (χ1n) is 9.71. The molecular weight excluding hydrogens is 362 g/mol. The molecule has 0 amide bonds. The summed E-state index contributed by atoms with van der Waals surface area (Å²) in [4.78, 5) is 36.4. The van der Waals surface area contributed by atoms with Crippen LogP contribution >= 0.6 is 0 Å². The number of rotatable bonds is 4. The number of hydrogen-bond donors (Lipinski definition) is 0. The first-order chi connectivity index (χ1) is 13.5. The van der Waals surface area contributed by atoms with Gasteiger partial charge in [-0.1, -0.05) is 42.0 Å². The molecular formula is C21H23NO6. The SMILES string of the molecule is C[C@H]1OC(=O)[C@@H]2C=C3C[C@H]([N+](=O)[O-])CC[C@H]3[C@H](C(=O)OCc3ccccc3)[C@H]12. The summed E-state index contributed by atoms with van der Waals surface area (Å²) in [7, 11) is 0. The van der Waals surface area contributed by atoms with Gasteiger partial charge < -0.3 is 9.47 Å². The molecule has 0 bridgehead atoms. The molecule has 148 valence electrons. The van der Waals surface area contributed by atoms with Gasteiger partial charge in [0.2, 0.25) is 6.04 Å². The average molecular weight is 385 g/mol. The molecule has 1 aromatic carbocycles. The van der Waals surface area contributed by atoms with Crippen LogP contribution in [0.1, 0.15) is 31.7 Å². The van der Waals surface area contributed by atoms with E-state index in [-0.39, 0.29) is 47.8 Å². The van der Waals surface area contributed by atoms with Crippen molar-refractivity contribution in [1.82, 2.24) is 0 Å². The summed E-state index contributed by atoms with van der Waals surface area (Å²) in [5, 5.41) is 11.2. The zero-order valence-corrected chi connectivity index (χ0v) is 15.7. The molecule has 0 unspecified atom stereocenters. The highest BCUT2D eigenvalue weighted by Crippen LogP contribution is 2.50. The van der Waals surface area contributed by atoms with E-state index in [1.54, 1.807) is 0 Å². The number of nitrogens with zero attached hydrogens (tertiary/aromatic N) is 1. The van der Waals surface area contributed by atoms with Crippen LogP contribution in [0, 0.1) is 33.8 Å². The number of cyclic esters (lactones) is 1. The Labute approximate surface area is 162 Å². The van der Waals surface area contributed by atoms with Crippen LogP contribution in [0.5, 0.6) is 0 Å². The number of benzene rings is 1. The van der Waals surface area contributed by atoms with E-state index in [9.17, 15) is 19.7 Å². The molecule has 2 fully saturated rings.